The highest BCUT2D eigenvalue weighted by atomic mass is 19.4. The Morgan fingerprint density at radius 2 is 1.69 bits per heavy atom. The van der Waals surface area contributed by atoms with Crippen molar-refractivity contribution >= 4 is 11.6 Å². The molecule has 0 unspecified atom stereocenters. The van der Waals surface area contributed by atoms with E-state index in [4.69, 9.17) is 4.74 Å². The molecular formula is C19H13F4N3O3. The van der Waals surface area contributed by atoms with Crippen molar-refractivity contribution < 1.29 is 27.1 Å². The maximum Gasteiger partial charge on any atom is 0.416 e. The van der Waals surface area contributed by atoms with Crippen molar-refractivity contribution in [3.8, 4) is 11.4 Å². The van der Waals surface area contributed by atoms with E-state index in [1.807, 2.05) is 0 Å². The van der Waals surface area contributed by atoms with Gasteiger partial charge in [-0.15, -0.1) is 0 Å². The third-order valence-electron chi connectivity index (χ3n) is 3.87. The fourth-order valence-electron chi connectivity index (χ4n) is 2.45. The predicted octanol–water partition coefficient (Wildman–Crippen LogP) is 3.65. The quantitative estimate of drug-likeness (QED) is 0.670. The second-order valence-corrected chi connectivity index (χ2v) is 5.82. The van der Waals surface area contributed by atoms with Crippen LogP contribution in [0.1, 0.15) is 16.1 Å². The lowest BCUT2D eigenvalue weighted by Gasteiger charge is -2.12. The number of anilines is 1. The normalized spacial score (nSPS) is 11.2. The second kappa shape index (κ2) is 7.74. The average molecular weight is 407 g/mol. The molecule has 29 heavy (non-hydrogen) atoms. The first-order valence-electron chi connectivity index (χ1n) is 8.12. The van der Waals surface area contributed by atoms with E-state index in [2.05, 4.69) is 10.4 Å². The molecule has 1 N–H and O–H groups in total. The first-order chi connectivity index (χ1) is 13.7. The van der Waals surface area contributed by atoms with Gasteiger partial charge in [-0.2, -0.15) is 23.0 Å². The average Bonchev–Trinajstić information content (AvgIpc) is 2.68. The molecule has 1 heterocycles. The number of ether oxygens (including phenoxy) is 1. The summed E-state index contributed by atoms with van der Waals surface area (Å²) >= 11 is 0. The van der Waals surface area contributed by atoms with E-state index < -0.39 is 29.0 Å². The number of carbonyl (C=O) groups is 1. The monoisotopic (exact) mass is 407 g/mol. The van der Waals surface area contributed by atoms with Crippen molar-refractivity contribution in [3.63, 3.8) is 0 Å². The summed E-state index contributed by atoms with van der Waals surface area (Å²) in [6.07, 6.45) is -4.50. The summed E-state index contributed by atoms with van der Waals surface area (Å²) in [5.41, 5.74) is -1.47. The largest absolute Gasteiger partial charge is 0.494 e. The molecule has 150 valence electrons. The SMILES string of the molecule is COc1cc(=O)n(-c2ccc(F)cc2)nc1C(=O)Nc1ccc(C(F)(F)F)cc1. The lowest BCUT2D eigenvalue weighted by atomic mass is 10.2. The summed E-state index contributed by atoms with van der Waals surface area (Å²) < 4.78 is 56.9. The van der Waals surface area contributed by atoms with Crippen LogP contribution < -0.4 is 15.6 Å². The summed E-state index contributed by atoms with van der Waals surface area (Å²) in [5.74, 6) is -1.45. The lowest BCUT2D eigenvalue weighted by Crippen LogP contribution is -2.26. The molecule has 10 heteroatoms. The van der Waals surface area contributed by atoms with Crippen LogP contribution in [0.2, 0.25) is 0 Å². The summed E-state index contributed by atoms with van der Waals surface area (Å²) in [4.78, 5) is 24.8. The molecule has 0 bridgehead atoms. The second-order valence-electron chi connectivity index (χ2n) is 5.82. The van der Waals surface area contributed by atoms with Gasteiger partial charge in [-0.05, 0) is 48.5 Å². The topological polar surface area (TPSA) is 73.2 Å². The minimum Gasteiger partial charge on any atom is -0.494 e. The van der Waals surface area contributed by atoms with E-state index in [0.29, 0.717) is 0 Å². The van der Waals surface area contributed by atoms with Crippen LogP contribution in [0.4, 0.5) is 23.2 Å². The van der Waals surface area contributed by atoms with Crippen molar-refractivity contribution in [2.24, 2.45) is 0 Å². The molecule has 0 aliphatic heterocycles. The van der Waals surface area contributed by atoms with E-state index in [-0.39, 0.29) is 22.8 Å². The summed E-state index contributed by atoms with van der Waals surface area (Å²) in [7, 11) is 1.23. The van der Waals surface area contributed by atoms with E-state index in [1.54, 1.807) is 0 Å². The van der Waals surface area contributed by atoms with Crippen molar-refractivity contribution in [1.82, 2.24) is 9.78 Å². The Morgan fingerprint density at radius 1 is 1.07 bits per heavy atom. The third-order valence-corrected chi connectivity index (χ3v) is 3.87. The maximum absolute atomic E-state index is 13.1. The van der Waals surface area contributed by atoms with Crippen LogP contribution in [0, 0.1) is 5.82 Å². The van der Waals surface area contributed by atoms with E-state index in [0.717, 1.165) is 47.1 Å². The van der Waals surface area contributed by atoms with E-state index in [1.165, 1.54) is 19.2 Å². The fraction of sp³-hybridized carbons (Fsp3) is 0.105. The van der Waals surface area contributed by atoms with Crippen LogP contribution >= 0.6 is 0 Å². The van der Waals surface area contributed by atoms with Gasteiger partial charge in [0, 0.05) is 5.69 Å². The molecule has 0 saturated heterocycles. The van der Waals surface area contributed by atoms with Gasteiger partial charge in [0.25, 0.3) is 11.5 Å². The fourth-order valence-corrected chi connectivity index (χ4v) is 2.45. The lowest BCUT2D eigenvalue weighted by molar-refractivity contribution is -0.137. The van der Waals surface area contributed by atoms with Crippen molar-refractivity contribution in [2.45, 2.75) is 6.18 Å². The number of alkyl halides is 3. The van der Waals surface area contributed by atoms with Gasteiger partial charge in [0.2, 0.25) is 0 Å². The first-order valence-corrected chi connectivity index (χ1v) is 8.12. The zero-order chi connectivity index (χ0) is 21.2. The van der Waals surface area contributed by atoms with Gasteiger partial charge >= 0.3 is 6.18 Å². The standard InChI is InChI=1S/C19H13F4N3O3/c1-29-15-10-16(27)26(14-8-4-12(20)5-9-14)25-17(15)18(28)24-13-6-2-11(3-7-13)19(21,22)23/h2-10H,1H3,(H,24,28). The molecule has 3 aromatic rings. The Hall–Kier alpha value is -3.69. The van der Waals surface area contributed by atoms with Gasteiger partial charge in [0.15, 0.2) is 11.4 Å². The molecule has 1 amide bonds. The molecule has 1 aromatic heterocycles. The van der Waals surface area contributed by atoms with Crippen molar-refractivity contribution in [1.29, 1.82) is 0 Å². The molecule has 0 aliphatic carbocycles. The van der Waals surface area contributed by atoms with Gasteiger partial charge in [-0.1, -0.05) is 0 Å². The molecule has 0 radical (unpaired) electrons. The highest BCUT2D eigenvalue weighted by Gasteiger charge is 2.30. The number of aromatic nitrogens is 2. The molecule has 2 aromatic carbocycles. The van der Waals surface area contributed by atoms with Crippen LogP contribution in [-0.4, -0.2) is 22.8 Å². The number of carbonyl (C=O) groups excluding carboxylic acids is 1. The Labute approximate surface area is 161 Å². The zero-order valence-electron chi connectivity index (χ0n) is 14.8. The highest BCUT2D eigenvalue weighted by molar-refractivity contribution is 6.04. The smallest absolute Gasteiger partial charge is 0.416 e. The number of hydrogen-bond acceptors (Lipinski definition) is 4. The van der Waals surface area contributed by atoms with Gasteiger partial charge < -0.3 is 10.1 Å². The van der Waals surface area contributed by atoms with Crippen molar-refractivity contribution in [3.05, 3.63) is 82.0 Å². The van der Waals surface area contributed by atoms with Crippen LogP contribution in [0.5, 0.6) is 5.75 Å². The zero-order valence-corrected chi connectivity index (χ0v) is 14.8. The van der Waals surface area contributed by atoms with Crippen LogP contribution in [0.3, 0.4) is 0 Å². The minimum absolute atomic E-state index is 0.0892. The van der Waals surface area contributed by atoms with E-state index in [9.17, 15) is 27.2 Å². The first kappa shape index (κ1) is 20.1. The van der Waals surface area contributed by atoms with Crippen LogP contribution in [0.25, 0.3) is 5.69 Å². The molecule has 0 atom stereocenters. The Bertz CT molecular complexity index is 1090. The molecule has 6 nitrogen and oxygen atoms in total. The Balaban J connectivity index is 1.94. The summed E-state index contributed by atoms with van der Waals surface area (Å²) in [5, 5.41) is 6.36. The van der Waals surface area contributed by atoms with Gasteiger partial charge in [-0.25, -0.2) is 4.39 Å². The van der Waals surface area contributed by atoms with Gasteiger partial charge in [-0.3, -0.25) is 9.59 Å². The molecular weight excluding hydrogens is 394 g/mol. The number of hydrogen-bond donors (Lipinski definition) is 1. The number of halogens is 4. The van der Waals surface area contributed by atoms with Gasteiger partial charge in [0.1, 0.15) is 5.82 Å². The molecule has 0 saturated carbocycles. The number of benzene rings is 2. The maximum atomic E-state index is 13.1. The number of rotatable bonds is 4. The number of nitrogens with zero attached hydrogens (tertiary/aromatic N) is 2. The molecule has 3 rings (SSSR count). The predicted molar refractivity (Wildman–Crippen MR) is 95.7 cm³/mol. The summed E-state index contributed by atoms with van der Waals surface area (Å²) in [6, 6.07) is 9.68. The molecule has 0 fully saturated rings. The Morgan fingerprint density at radius 3 is 2.24 bits per heavy atom. The molecule has 0 spiro atoms. The number of methoxy groups -OCH3 is 1. The van der Waals surface area contributed by atoms with Crippen LogP contribution in [0.15, 0.2) is 59.4 Å². The van der Waals surface area contributed by atoms with Crippen molar-refractivity contribution in [2.75, 3.05) is 12.4 Å². The number of nitrogens with one attached hydrogen (secondary N) is 1. The highest BCUT2D eigenvalue weighted by Crippen LogP contribution is 2.30. The molecule has 0 aliphatic rings. The summed E-state index contributed by atoms with van der Waals surface area (Å²) in [6.45, 7) is 0. The minimum atomic E-state index is -4.50. The Kier molecular flexibility index (Phi) is 5.35. The third kappa shape index (κ3) is 4.42. The van der Waals surface area contributed by atoms with Gasteiger partial charge in [0.05, 0.1) is 24.4 Å². The van der Waals surface area contributed by atoms with Crippen LogP contribution in [-0.2, 0) is 6.18 Å². The van der Waals surface area contributed by atoms with E-state index >= 15 is 0 Å². The number of amides is 1.